The molecular weight excluding hydrogens is 739 g/mol. The zero-order chi connectivity index (χ0) is 37.5. The molecule has 266 valence electrons. The second-order valence-corrected chi connectivity index (χ2v) is 16.1. The van der Waals surface area contributed by atoms with E-state index in [1.165, 1.54) is 19.5 Å². The van der Waals surface area contributed by atoms with Crippen LogP contribution < -0.4 is 0 Å². The lowest BCUT2D eigenvalue weighted by Gasteiger charge is -2.10. The van der Waals surface area contributed by atoms with Gasteiger partial charge in [0.1, 0.15) is 11.2 Å². The number of nitrogens with zero attached hydrogens (tertiary/aromatic N) is 5. The molecule has 0 fully saturated rings. The Kier molecular flexibility index (Phi) is 7.17. The van der Waals surface area contributed by atoms with Crippen molar-refractivity contribution in [2.45, 2.75) is 0 Å². The van der Waals surface area contributed by atoms with Crippen molar-refractivity contribution in [2.75, 3.05) is 0 Å². The minimum absolute atomic E-state index is 0.581. The highest BCUT2D eigenvalue weighted by molar-refractivity contribution is 7.26. The Morgan fingerprint density at radius 2 is 0.982 bits per heavy atom. The Morgan fingerprint density at radius 1 is 0.368 bits per heavy atom. The Labute approximate surface area is 333 Å². The normalized spacial score (nSPS) is 11.9. The van der Waals surface area contributed by atoms with Gasteiger partial charge < -0.3 is 4.42 Å². The molecule has 0 unspecified atom stereocenters. The lowest BCUT2D eigenvalue weighted by Crippen LogP contribution is -2.00. The fourth-order valence-corrected chi connectivity index (χ4v) is 10.2. The molecule has 0 radical (unpaired) electrons. The maximum atomic E-state index is 6.52. The maximum Gasteiger partial charge on any atom is 0.164 e. The van der Waals surface area contributed by atoms with E-state index in [0.717, 1.165) is 76.4 Å². The first kappa shape index (κ1) is 32.1. The molecule has 0 amide bonds. The molecule has 5 aromatic heterocycles. The molecule has 0 saturated carbocycles. The van der Waals surface area contributed by atoms with Gasteiger partial charge in [-0.3, -0.25) is 0 Å². The number of aromatic nitrogens is 5. The molecule has 8 heteroatoms. The first-order valence-corrected chi connectivity index (χ1v) is 20.3. The summed E-state index contributed by atoms with van der Waals surface area (Å²) >= 11 is 3.52. The maximum absolute atomic E-state index is 6.52. The van der Waals surface area contributed by atoms with E-state index in [-0.39, 0.29) is 0 Å². The van der Waals surface area contributed by atoms with Gasteiger partial charge in [0.2, 0.25) is 0 Å². The lowest BCUT2D eigenvalue weighted by molar-refractivity contribution is 0.669. The first-order chi connectivity index (χ1) is 28.2. The van der Waals surface area contributed by atoms with Crippen LogP contribution in [0.1, 0.15) is 0 Å². The number of hydrogen-bond acceptors (Lipinski definition) is 8. The minimum Gasteiger partial charge on any atom is -0.456 e. The Balaban J connectivity index is 1.09. The van der Waals surface area contributed by atoms with Crippen molar-refractivity contribution in [3.05, 3.63) is 164 Å². The minimum atomic E-state index is 0.581. The zero-order valence-electron chi connectivity index (χ0n) is 30.0. The summed E-state index contributed by atoms with van der Waals surface area (Å²) in [5.74, 6) is 2.47. The third-order valence-electron chi connectivity index (χ3n) is 10.6. The topological polar surface area (TPSA) is 77.6 Å². The van der Waals surface area contributed by atoms with Crippen LogP contribution in [-0.4, -0.2) is 24.9 Å². The van der Waals surface area contributed by atoms with E-state index in [0.29, 0.717) is 23.3 Å². The summed E-state index contributed by atoms with van der Waals surface area (Å²) in [6, 6.07) is 56.1. The number of hydrogen-bond donors (Lipinski definition) is 0. The molecule has 5 heterocycles. The van der Waals surface area contributed by atoms with Crippen LogP contribution in [0, 0.1) is 0 Å². The predicted molar refractivity (Wildman–Crippen MR) is 236 cm³/mol. The van der Waals surface area contributed by atoms with Crippen LogP contribution in [0.15, 0.2) is 168 Å². The van der Waals surface area contributed by atoms with Crippen molar-refractivity contribution in [3.8, 4) is 56.8 Å². The molecule has 0 N–H and O–H groups in total. The monoisotopic (exact) mass is 765 g/mol. The van der Waals surface area contributed by atoms with E-state index < -0.39 is 0 Å². The highest BCUT2D eigenvalue weighted by atomic mass is 32.1. The van der Waals surface area contributed by atoms with Gasteiger partial charge in [0.25, 0.3) is 0 Å². The van der Waals surface area contributed by atoms with Crippen LogP contribution in [0.2, 0.25) is 0 Å². The van der Waals surface area contributed by atoms with E-state index in [1.54, 1.807) is 22.7 Å². The SMILES string of the molecule is c1ccc(-c2nc(-c3ccc4oc5cccc(-c6nc(-c7ccccc7)c7sc8ccccc8c7n6)c5c4c3)nc(-c3cccc4sc5ccccc5c34)n2)cc1. The fraction of sp³-hybridized carbons (Fsp3) is 0. The summed E-state index contributed by atoms with van der Waals surface area (Å²) in [5.41, 5.74) is 8.09. The van der Waals surface area contributed by atoms with Gasteiger partial charge in [-0.05, 0) is 42.5 Å². The van der Waals surface area contributed by atoms with Crippen LogP contribution in [-0.2, 0) is 0 Å². The third kappa shape index (κ3) is 5.19. The van der Waals surface area contributed by atoms with Crippen LogP contribution in [0.25, 0.3) is 119 Å². The summed E-state index contributed by atoms with van der Waals surface area (Å²) in [5, 5.41) is 5.35. The highest BCUT2D eigenvalue weighted by Crippen LogP contribution is 2.43. The number of furan rings is 1. The van der Waals surface area contributed by atoms with Crippen molar-refractivity contribution in [2.24, 2.45) is 0 Å². The van der Waals surface area contributed by atoms with Crippen molar-refractivity contribution in [3.63, 3.8) is 0 Å². The van der Waals surface area contributed by atoms with Gasteiger partial charge >= 0.3 is 0 Å². The quantitative estimate of drug-likeness (QED) is 0.174. The van der Waals surface area contributed by atoms with E-state index in [1.807, 2.05) is 60.7 Å². The standard InChI is InChI=1S/C49H27N5OS2/c1-3-13-28(14-4-1)43-45-44(32-18-8-10-23-39(32)57-45)51-48(50-43)33-19-11-21-37-41(33)35-27-30(25-26-36(35)55-37)47-52-46(29-15-5-2-6-16-29)53-49(54-47)34-20-12-24-40-42(34)31-17-7-9-22-38(31)56-40/h1-27H. The van der Waals surface area contributed by atoms with Crippen molar-refractivity contribution < 1.29 is 4.42 Å². The van der Waals surface area contributed by atoms with E-state index in [2.05, 4.69) is 103 Å². The summed E-state index contributed by atoms with van der Waals surface area (Å²) < 4.78 is 11.2. The highest BCUT2D eigenvalue weighted by Gasteiger charge is 2.22. The summed E-state index contributed by atoms with van der Waals surface area (Å²) in [4.78, 5) is 26.1. The third-order valence-corrected chi connectivity index (χ3v) is 12.9. The van der Waals surface area contributed by atoms with Gasteiger partial charge in [0.15, 0.2) is 23.3 Å². The van der Waals surface area contributed by atoms with Crippen LogP contribution in [0.3, 0.4) is 0 Å². The van der Waals surface area contributed by atoms with Crippen molar-refractivity contribution in [1.29, 1.82) is 0 Å². The molecule has 0 saturated heterocycles. The van der Waals surface area contributed by atoms with Crippen LogP contribution in [0.5, 0.6) is 0 Å². The molecule has 7 aromatic carbocycles. The van der Waals surface area contributed by atoms with Crippen molar-refractivity contribution in [1.82, 2.24) is 24.9 Å². The summed E-state index contributed by atoms with van der Waals surface area (Å²) in [6.07, 6.45) is 0. The van der Waals surface area contributed by atoms with E-state index in [4.69, 9.17) is 29.3 Å². The van der Waals surface area contributed by atoms with Gasteiger partial charge in [-0.2, -0.15) is 0 Å². The van der Waals surface area contributed by atoms with Crippen LogP contribution in [0.4, 0.5) is 0 Å². The number of rotatable bonds is 5. The average molecular weight is 766 g/mol. The molecular formula is C49H27N5OS2. The second kappa shape index (κ2) is 12.7. The Bertz CT molecular complexity index is 3540. The molecule has 57 heavy (non-hydrogen) atoms. The number of fused-ring (bicyclic) bond motifs is 9. The average Bonchev–Trinajstić information content (AvgIpc) is 3.97. The molecule has 0 spiro atoms. The molecule has 0 aliphatic heterocycles. The lowest BCUT2D eigenvalue weighted by atomic mass is 10.0. The predicted octanol–water partition coefficient (Wildman–Crippen LogP) is 13.6. The number of benzene rings is 7. The van der Waals surface area contributed by atoms with Gasteiger partial charge in [0, 0.05) is 68.8 Å². The zero-order valence-corrected chi connectivity index (χ0v) is 31.7. The molecule has 12 aromatic rings. The first-order valence-electron chi connectivity index (χ1n) is 18.7. The summed E-state index contributed by atoms with van der Waals surface area (Å²) in [6.45, 7) is 0. The van der Waals surface area contributed by atoms with E-state index >= 15 is 0 Å². The van der Waals surface area contributed by atoms with Gasteiger partial charge in [-0.1, -0.05) is 121 Å². The fourth-order valence-electron chi connectivity index (χ4n) is 7.96. The molecule has 0 aliphatic carbocycles. The van der Waals surface area contributed by atoms with Crippen molar-refractivity contribution >= 4 is 85.1 Å². The van der Waals surface area contributed by atoms with Crippen LogP contribution >= 0.6 is 22.7 Å². The molecule has 0 atom stereocenters. The molecule has 12 rings (SSSR count). The number of thiophene rings is 2. The smallest absolute Gasteiger partial charge is 0.164 e. The van der Waals surface area contributed by atoms with E-state index in [9.17, 15) is 0 Å². The van der Waals surface area contributed by atoms with Gasteiger partial charge in [-0.25, -0.2) is 24.9 Å². The molecule has 6 nitrogen and oxygen atoms in total. The van der Waals surface area contributed by atoms with Gasteiger partial charge in [0.05, 0.1) is 15.9 Å². The summed E-state index contributed by atoms with van der Waals surface area (Å²) in [7, 11) is 0. The second-order valence-electron chi connectivity index (χ2n) is 14.0. The molecule has 0 aliphatic rings. The Hall–Kier alpha value is -7.13. The molecule has 0 bridgehead atoms. The largest absolute Gasteiger partial charge is 0.456 e. The van der Waals surface area contributed by atoms with Gasteiger partial charge in [-0.15, -0.1) is 22.7 Å². The Morgan fingerprint density at radius 3 is 1.79 bits per heavy atom.